The van der Waals surface area contributed by atoms with E-state index in [-0.39, 0.29) is 0 Å². The molecule has 2 aromatic rings. The second-order valence-corrected chi connectivity index (χ2v) is 6.08. The highest BCUT2D eigenvalue weighted by Gasteiger charge is 2.20. The molecule has 1 aromatic heterocycles. The van der Waals surface area contributed by atoms with Crippen molar-refractivity contribution in [3.63, 3.8) is 0 Å². The van der Waals surface area contributed by atoms with Gasteiger partial charge in [-0.2, -0.15) is 0 Å². The number of hydrogen-bond donors (Lipinski definition) is 0. The first kappa shape index (κ1) is 13.9. The molecule has 0 aliphatic carbocycles. The van der Waals surface area contributed by atoms with Crippen molar-refractivity contribution < 1.29 is 9.15 Å². The monoisotopic (exact) mass is 335 g/mol. The highest BCUT2D eigenvalue weighted by molar-refractivity contribution is 9.10. The average molecular weight is 336 g/mol. The first-order valence-corrected chi connectivity index (χ1v) is 7.68. The van der Waals surface area contributed by atoms with Crippen LogP contribution in [0.1, 0.15) is 12.7 Å². The van der Waals surface area contributed by atoms with Crippen molar-refractivity contribution in [3.8, 4) is 11.3 Å². The van der Waals surface area contributed by atoms with Gasteiger partial charge in [-0.1, -0.05) is 28.1 Å². The fraction of sp³-hybridized carbons (Fsp3) is 0.375. The van der Waals surface area contributed by atoms with Crippen LogP contribution in [-0.2, 0) is 11.3 Å². The van der Waals surface area contributed by atoms with Crippen LogP contribution in [0, 0.1) is 0 Å². The molecule has 1 aliphatic heterocycles. The van der Waals surface area contributed by atoms with E-state index in [0.29, 0.717) is 6.04 Å². The first-order chi connectivity index (χ1) is 9.72. The lowest BCUT2D eigenvalue weighted by molar-refractivity contribution is -0.00701. The van der Waals surface area contributed by atoms with Crippen LogP contribution in [0.2, 0.25) is 0 Å². The maximum Gasteiger partial charge on any atom is 0.134 e. The summed E-state index contributed by atoms with van der Waals surface area (Å²) in [5, 5.41) is 0. The Bertz CT molecular complexity index is 564. The van der Waals surface area contributed by atoms with Crippen LogP contribution in [-0.4, -0.2) is 30.7 Å². The van der Waals surface area contributed by atoms with Crippen LogP contribution < -0.4 is 0 Å². The molecule has 1 aliphatic rings. The zero-order valence-corrected chi connectivity index (χ0v) is 13.1. The van der Waals surface area contributed by atoms with Crippen molar-refractivity contribution in [1.82, 2.24) is 4.90 Å². The standard InChI is InChI=1S/C16H18BrNO2/c1-12-11-19-9-8-18(12)10-15-6-7-16(20-15)13-2-4-14(17)5-3-13/h2-7,12H,8-11H2,1H3/t12-/m1/s1. The first-order valence-electron chi connectivity index (χ1n) is 6.89. The molecule has 2 heterocycles. The molecular weight excluding hydrogens is 318 g/mol. The molecule has 106 valence electrons. The van der Waals surface area contributed by atoms with E-state index in [2.05, 4.69) is 46.0 Å². The Morgan fingerprint density at radius 3 is 2.75 bits per heavy atom. The van der Waals surface area contributed by atoms with E-state index < -0.39 is 0 Å². The van der Waals surface area contributed by atoms with Gasteiger partial charge in [0.15, 0.2) is 0 Å². The number of nitrogens with zero attached hydrogens (tertiary/aromatic N) is 1. The molecule has 0 amide bonds. The summed E-state index contributed by atoms with van der Waals surface area (Å²) in [6, 6.07) is 12.7. The van der Waals surface area contributed by atoms with Crippen LogP contribution in [0.25, 0.3) is 11.3 Å². The Balaban J connectivity index is 1.71. The van der Waals surface area contributed by atoms with E-state index in [1.807, 2.05) is 18.2 Å². The summed E-state index contributed by atoms with van der Waals surface area (Å²) < 4.78 is 12.5. The number of halogens is 1. The summed E-state index contributed by atoms with van der Waals surface area (Å²) in [7, 11) is 0. The van der Waals surface area contributed by atoms with Gasteiger partial charge in [-0.3, -0.25) is 4.90 Å². The summed E-state index contributed by atoms with van der Waals surface area (Å²) in [5.41, 5.74) is 1.11. The fourth-order valence-corrected chi connectivity index (χ4v) is 2.69. The molecule has 1 saturated heterocycles. The minimum Gasteiger partial charge on any atom is -0.460 e. The van der Waals surface area contributed by atoms with Crippen LogP contribution in [0.15, 0.2) is 45.3 Å². The van der Waals surface area contributed by atoms with Gasteiger partial charge in [0, 0.05) is 22.6 Å². The lowest BCUT2D eigenvalue weighted by atomic mass is 10.2. The quantitative estimate of drug-likeness (QED) is 0.849. The van der Waals surface area contributed by atoms with E-state index in [1.54, 1.807) is 0 Å². The molecule has 1 atom stereocenters. The number of hydrogen-bond acceptors (Lipinski definition) is 3. The maximum absolute atomic E-state index is 5.96. The fourth-order valence-electron chi connectivity index (χ4n) is 2.43. The highest BCUT2D eigenvalue weighted by atomic mass is 79.9. The molecular formula is C16H18BrNO2. The number of benzene rings is 1. The zero-order chi connectivity index (χ0) is 13.9. The van der Waals surface area contributed by atoms with Crippen LogP contribution >= 0.6 is 15.9 Å². The molecule has 0 spiro atoms. The van der Waals surface area contributed by atoms with Crippen molar-refractivity contribution >= 4 is 15.9 Å². The van der Waals surface area contributed by atoms with Crippen LogP contribution in [0.4, 0.5) is 0 Å². The third-order valence-electron chi connectivity index (χ3n) is 3.65. The summed E-state index contributed by atoms with van der Waals surface area (Å²) in [4.78, 5) is 2.40. The number of furan rings is 1. The van der Waals surface area contributed by atoms with Gasteiger partial charge in [-0.25, -0.2) is 0 Å². The topological polar surface area (TPSA) is 25.6 Å². The zero-order valence-electron chi connectivity index (χ0n) is 11.5. The lowest BCUT2D eigenvalue weighted by Gasteiger charge is -2.32. The lowest BCUT2D eigenvalue weighted by Crippen LogP contribution is -2.42. The number of morpholine rings is 1. The van der Waals surface area contributed by atoms with Crippen LogP contribution in [0.3, 0.4) is 0 Å². The molecule has 20 heavy (non-hydrogen) atoms. The van der Waals surface area contributed by atoms with Gasteiger partial charge >= 0.3 is 0 Å². The summed E-state index contributed by atoms with van der Waals surface area (Å²) in [5.74, 6) is 1.94. The van der Waals surface area contributed by atoms with Gasteiger partial charge in [-0.15, -0.1) is 0 Å². The Morgan fingerprint density at radius 1 is 1.20 bits per heavy atom. The number of ether oxygens (including phenoxy) is 1. The highest BCUT2D eigenvalue weighted by Crippen LogP contribution is 2.25. The van der Waals surface area contributed by atoms with Crippen molar-refractivity contribution in [3.05, 3.63) is 46.6 Å². The normalized spacial score (nSPS) is 20.2. The van der Waals surface area contributed by atoms with E-state index >= 15 is 0 Å². The van der Waals surface area contributed by atoms with Gasteiger partial charge < -0.3 is 9.15 Å². The van der Waals surface area contributed by atoms with E-state index in [4.69, 9.17) is 9.15 Å². The predicted molar refractivity (Wildman–Crippen MR) is 82.5 cm³/mol. The molecule has 0 unspecified atom stereocenters. The van der Waals surface area contributed by atoms with E-state index in [1.165, 1.54) is 0 Å². The minimum absolute atomic E-state index is 0.449. The minimum atomic E-state index is 0.449. The summed E-state index contributed by atoms with van der Waals surface area (Å²) in [6.45, 7) is 5.62. The molecule has 4 heteroatoms. The molecule has 0 bridgehead atoms. The van der Waals surface area contributed by atoms with Gasteiger partial charge in [-0.05, 0) is 31.2 Å². The Kier molecular flexibility index (Phi) is 4.24. The van der Waals surface area contributed by atoms with Crippen molar-refractivity contribution in [2.45, 2.75) is 19.5 Å². The molecule has 3 nitrogen and oxygen atoms in total. The van der Waals surface area contributed by atoms with Gasteiger partial charge in [0.1, 0.15) is 11.5 Å². The second kappa shape index (κ2) is 6.12. The Hall–Kier alpha value is -1.10. The summed E-state index contributed by atoms with van der Waals surface area (Å²) >= 11 is 3.45. The van der Waals surface area contributed by atoms with Gasteiger partial charge in [0.25, 0.3) is 0 Å². The van der Waals surface area contributed by atoms with Crippen molar-refractivity contribution in [1.29, 1.82) is 0 Å². The largest absolute Gasteiger partial charge is 0.460 e. The third-order valence-corrected chi connectivity index (χ3v) is 4.18. The molecule has 3 rings (SSSR count). The SMILES string of the molecule is C[C@@H]1COCCN1Cc1ccc(-c2ccc(Br)cc2)o1. The van der Waals surface area contributed by atoms with E-state index in [9.17, 15) is 0 Å². The average Bonchev–Trinajstić information content (AvgIpc) is 2.91. The van der Waals surface area contributed by atoms with Crippen molar-refractivity contribution in [2.24, 2.45) is 0 Å². The smallest absolute Gasteiger partial charge is 0.134 e. The molecule has 0 saturated carbocycles. The van der Waals surface area contributed by atoms with Gasteiger partial charge in [0.2, 0.25) is 0 Å². The Labute approximate surface area is 127 Å². The summed E-state index contributed by atoms with van der Waals surface area (Å²) in [6.07, 6.45) is 0. The predicted octanol–water partition coefficient (Wildman–Crippen LogP) is 3.93. The molecule has 0 radical (unpaired) electrons. The maximum atomic E-state index is 5.96. The molecule has 1 fully saturated rings. The van der Waals surface area contributed by atoms with Gasteiger partial charge in [0.05, 0.1) is 19.8 Å². The Morgan fingerprint density at radius 2 is 2.00 bits per heavy atom. The second-order valence-electron chi connectivity index (χ2n) is 5.17. The molecule has 1 aromatic carbocycles. The van der Waals surface area contributed by atoms with Crippen molar-refractivity contribution in [2.75, 3.05) is 19.8 Å². The molecule has 0 N–H and O–H groups in total. The number of rotatable bonds is 3. The third kappa shape index (κ3) is 3.14. The van der Waals surface area contributed by atoms with Crippen LogP contribution in [0.5, 0.6) is 0 Å². The van der Waals surface area contributed by atoms with E-state index in [0.717, 1.165) is 47.9 Å².